The molecule has 0 unspecified atom stereocenters. The topological polar surface area (TPSA) is 107 Å². The van der Waals surface area contributed by atoms with Gasteiger partial charge in [-0.1, -0.05) is 25.3 Å². The van der Waals surface area contributed by atoms with Gasteiger partial charge in [0.15, 0.2) is 11.5 Å². The summed E-state index contributed by atoms with van der Waals surface area (Å²) in [5, 5.41) is 31.0. The van der Waals surface area contributed by atoms with Crippen LogP contribution in [-0.2, 0) is 4.79 Å². The fourth-order valence-corrected chi connectivity index (χ4v) is 2.75. The molecule has 1 aliphatic carbocycles. The van der Waals surface area contributed by atoms with Crippen LogP contribution in [-0.4, -0.2) is 33.7 Å². The van der Waals surface area contributed by atoms with E-state index in [1.54, 1.807) is 0 Å². The maximum Gasteiger partial charge on any atom is 0.311 e. The van der Waals surface area contributed by atoms with E-state index in [9.17, 15) is 24.9 Å². The Morgan fingerprint density at radius 3 is 2.43 bits per heavy atom. The third-order valence-corrected chi connectivity index (χ3v) is 4.11. The Kier molecular flexibility index (Phi) is 4.35. The highest BCUT2D eigenvalue weighted by Crippen LogP contribution is 2.36. The van der Waals surface area contributed by atoms with Crippen LogP contribution in [0.25, 0.3) is 0 Å². The van der Waals surface area contributed by atoms with Crippen molar-refractivity contribution in [1.82, 2.24) is 5.32 Å². The summed E-state index contributed by atoms with van der Waals surface area (Å²) < 4.78 is 0. The maximum atomic E-state index is 12.1. The molecule has 114 valence electrons. The second-order valence-corrected chi connectivity index (χ2v) is 5.50. The van der Waals surface area contributed by atoms with Crippen LogP contribution in [0.2, 0.25) is 0 Å². The zero-order chi connectivity index (χ0) is 15.5. The molecule has 0 bridgehead atoms. The number of phenols is 2. The molecular weight excluding hydrogens is 274 g/mol. The predicted molar refractivity (Wildman–Crippen MR) is 75.3 cm³/mol. The first-order chi connectivity index (χ1) is 9.96. The van der Waals surface area contributed by atoms with Gasteiger partial charge in [0.1, 0.15) is 0 Å². The van der Waals surface area contributed by atoms with Crippen molar-refractivity contribution in [2.45, 2.75) is 32.1 Å². The van der Waals surface area contributed by atoms with Crippen LogP contribution in [0.5, 0.6) is 11.5 Å². The highest BCUT2D eigenvalue weighted by Gasteiger charge is 2.39. The summed E-state index contributed by atoms with van der Waals surface area (Å²) in [6.07, 6.45) is 3.75. The molecule has 6 nitrogen and oxygen atoms in total. The molecule has 1 fully saturated rings. The van der Waals surface area contributed by atoms with Gasteiger partial charge < -0.3 is 20.6 Å². The molecule has 6 heteroatoms. The molecule has 0 saturated heterocycles. The highest BCUT2D eigenvalue weighted by atomic mass is 16.4. The first-order valence-electron chi connectivity index (χ1n) is 6.99. The SMILES string of the molecule is O=C(NCC1(C(=O)O)CCCCC1)c1cccc(O)c1O. The van der Waals surface area contributed by atoms with E-state index in [1.807, 2.05) is 0 Å². The fraction of sp³-hybridized carbons (Fsp3) is 0.467. The summed E-state index contributed by atoms with van der Waals surface area (Å²) in [5.74, 6) is -2.37. The van der Waals surface area contributed by atoms with E-state index < -0.39 is 23.0 Å². The molecule has 2 rings (SSSR count). The third-order valence-electron chi connectivity index (χ3n) is 4.11. The summed E-state index contributed by atoms with van der Waals surface area (Å²) in [5.41, 5.74) is -0.994. The maximum absolute atomic E-state index is 12.1. The Hall–Kier alpha value is -2.24. The summed E-state index contributed by atoms with van der Waals surface area (Å²) in [7, 11) is 0. The monoisotopic (exact) mass is 293 g/mol. The summed E-state index contributed by atoms with van der Waals surface area (Å²) in [6.45, 7) is 0.0241. The molecule has 0 heterocycles. The number of para-hydroxylation sites is 1. The molecule has 1 amide bonds. The first kappa shape index (κ1) is 15.2. The normalized spacial score (nSPS) is 17.1. The lowest BCUT2D eigenvalue weighted by molar-refractivity contribution is -0.150. The predicted octanol–water partition coefficient (Wildman–Crippen LogP) is 1.86. The Morgan fingerprint density at radius 2 is 1.81 bits per heavy atom. The molecule has 0 radical (unpaired) electrons. The number of benzene rings is 1. The lowest BCUT2D eigenvalue weighted by Gasteiger charge is -2.33. The number of rotatable bonds is 4. The van der Waals surface area contributed by atoms with Crippen molar-refractivity contribution in [3.63, 3.8) is 0 Å². The van der Waals surface area contributed by atoms with Crippen LogP contribution >= 0.6 is 0 Å². The first-order valence-corrected chi connectivity index (χ1v) is 6.99. The van der Waals surface area contributed by atoms with Crippen LogP contribution in [0, 0.1) is 5.41 Å². The Bertz CT molecular complexity index is 549. The van der Waals surface area contributed by atoms with Gasteiger partial charge in [0.2, 0.25) is 0 Å². The van der Waals surface area contributed by atoms with Crippen LogP contribution in [0.1, 0.15) is 42.5 Å². The number of carbonyl (C=O) groups is 2. The molecule has 0 aliphatic heterocycles. The van der Waals surface area contributed by atoms with Crippen molar-refractivity contribution in [2.24, 2.45) is 5.41 Å². The van der Waals surface area contributed by atoms with Crippen LogP contribution in [0.3, 0.4) is 0 Å². The molecule has 1 aromatic rings. The smallest absolute Gasteiger partial charge is 0.311 e. The van der Waals surface area contributed by atoms with E-state index in [2.05, 4.69) is 5.32 Å². The van der Waals surface area contributed by atoms with E-state index in [0.717, 1.165) is 19.3 Å². The molecule has 1 aromatic carbocycles. The van der Waals surface area contributed by atoms with E-state index >= 15 is 0 Å². The third kappa shape index (κ3) is 3.09. The van der Waals surface area contributed by atoms with Gasteiger partial charge in [-0.2, -0.15) is 0 Å². The minimum absolute atomic E-state index is 0.0241. The number of aliphatic carboxylic acids is 1. The molecule has 1 saturated carbocycles. The average molecular weight is 293 g/mol. The highest BCUT2D eigenvalue weighted by molar-refractivity contribution is 5.97. The molecular formula is C15H19NO5. The van der Waals surface area contributed by atoms with Crippen LogP contribution in [0.4, 0.5) is 0 Å². The lowest BCUT2D eigenvalue weighted by atomic mass is 9.74. The minimum atomic E-state index is -0.930. The summed E-state index contributed by atoms with van der Waals surface area (Å²) in [4.78, 5) is 23.6. The fourth-order valence-electron chi connectivity index (χ4n) is 2.75. The Labute approximate surface area is 122 Å². The second-order valence-electron chi connectivity index (χ2n) is 5.50. The minimum Gasteiger partial charge on any atom is -0.504 e. The van der Waals surface area contributed by atoms with Gasteiger partial charge in [0, 0.05) is 6.54 Å². The number of aromatic hydroxyl groups is 2. The van der Waals surface area contributed by atoms with Gasteiger partial charge in [-0.25, -0.2) is 0 Å². The Morgan fingerprint density at radius 1 is 1.14 bits per heavy atom. The van der Waals surface area contributed by atoms with E-state index in [1.165, 1.54) is 18.2 Å². The molecule has 4 N–H and O–H groups in total. The van der Waals surface area contributed by atoms with Gasteiger partial charge in [-0.05, 0) is 25.0 Å². The number of amides is 1. The van der Waals surface area contributed by atoms with Gasteiger partial charge in [-0.3, -0.25) is 9.59 Å². The quantitative estimate of drug-likeness (QED) is 0.634. The molecule has 0 atom stereocenters. The van der Waals surface area contributed by atoms with Crippen molar-refractivity contribution < 1.29 is 24.9 Å². The summed E-state index contributed by atoms with van der Waals surface area (Å²) in [6, 6.07) is 4.09. The van der Waals surface area contributed by atoms with Crippen LogP contribution < -0.4 is 5.32 Å². The number of nitrogens with one attached hydrogen (secondary N) is 1. The number of phenolic OH excluding ortho intramolecular Hbond substituents is 2. The number of hydrogen-bond acceptors (Lipinski definition) is 4. The lowest BCUT2D eigenvalue weighted by Crippen LogP contribution is -2.44. The average Bonchev–Trinajstić information content (AvgIpc) is 2.48. The van der Waals surface area contributed by atoms with Gasteiger partial charge in [-0.15, -0.1) is 0 Å². The zero-order valence-corrected chi connectivity index (χ0v) is 11.6. The van der Waals surface area contributed by atoms with Crippen LogP contribution in [0.15, 0.2) is 18.2 Å². The molecule has 0 aromatic heterocycles. The molecule has 21 heavy (non-hydrogen) atoms. The summed E-state index contributed by atoms with van der Waals surface area (Å²) >= 11 is 0. The molecule has 1 aliphatic rings. The van der Waals surface area contributed by atoms with Gasteiger partial charge >= 0.3 is 5.97 Å². The zero-order valence-electron chi connectivity index (χ0n) is 11.6. The number of hydrogen-bond donors (Lipinski definition) is 4. The van der Waals surface area contributed by atoms with Crippen molar-refractivity contribution in [3.05, 3.63) is 23.8 Å². The van der Waals surface area contributed by atoms with Crippen molar-refractivity contribution in [3.8, 4) is 11.5 Å². The molecule has 0 spiro atoms. The number of carboxylic acid groups (broad SMARTS) is 1. The largest absolute Gasteiger partial charge is 0.504 e. The van der Waals surface area contributed by atoms with E-state index in [0.29, 0.717) is 12.8 Å². The number of carboxylic acids is 1. The van der Waals surface area contributed by atoms with Crippen molar-refractivity contribution in [2.75, 3.05) is 6.54 Å². The number of carbonyl (C=O) groups excluding carboxylic acids is 1. The van der Waals surface area contributed by atoms with Gasteiger partial charge in [0.05, 0.1) is 11.0 Å². The second kappa shape index (κ2) is 6.03. The van der Waals surface area contributed by atoms with E-state index in [-0.39, 0.29) is 17.9 Å². The van der Waals surface area contributed by atoms with Crippen molar-refractivity contribution >= 4 is 11.9 Å². The Balaban J connectivity index is 2.09. The van der Waals surface area contributed by atoms with Gasteiger partial charge in [0.25, 0.3) is 5.91 Å². The van der Waals surface area contributed by atoms with E-state index in [4.69, 9.17) is 0 Å². The standard InChI is InChI=1S/C15H19NO5/c17-11-6-4-5-10(12(11)18)13(19)16-9-15(14(20)21)7-2-1-3-8-15/h4-6,17-18H,1-3,7-9H2,(H,16,19)(H,20,21). The van der Waals surface area contributed by atoms with Crippen molar-refractivity contribution in [1.29, 1.82) is 0 Å².